The summed E-state index contributed by atoms with van der Waals surface area (Å²) in [5, 5.41) is 18.7. The van der Waals surface area contributed by atoms with E-state index in [-0.39, 0.29) is 12.2 Å². The third-order valence-corrected chi connectivity index (χ3v) is 4.83. The van der Waals surface area contributed by atoms with E-state index in [1.807, 2.05) is 49.4 Å². The highest BCUT2D eigenvalue weighted by Crippen LogP contribution is 2.26. The van der Waals surface area contributed by atoms with E-state index < -0.39 is 5.97 Å². The van der Waals surface area contributed by atoms with Crippen LogP contribution >= 0.6 is 0 Å². The van der Waals surface area contributed by atoms with Crippen molar-refractivity contribution in [1.82, 2.24) is 9.97 Å². The Bertz CT molecular complexity index is 1330. The summed E-state index contributed by atoms with van der Waals surface area (Å²) >= 11 is 0. The molecule has 152 valence electrons. The smallest absolute Gasteiger partial charge is 0.335 e. The van der Waals surface area contributed by atoms with Gasteiger partial charge >= 0.3 is 5.97 Å². The molecule has 0 aliphatic heterocycles. The number of fused-ring (bicyclic) bond motifs is 1. The largest absolute Gasteiger partial charge is 0.488 e. The number of aryl methyl sites for hydroxylation is 1. The van der Waals surface area contributed by atoms with Crippen LogP contribution in [0.3, 0.4) is 0 Å². The predicted molar refractivity (Wildman–Crippen MR) is 118 cm³/mol. The van der Waals surface area contributed by atoms with Crippen molar-refractivity contribution in [3.8, 4) is 11.8 Å². The van der Waals surface area contributed by atoms with Gasteiger partial charge in [-0.1, -0.05) is 36.4 Å². The fourth-order valence-electron chi connectivity index (χ4n) is 3.20. The number of para-hydroxylation sites is 1. The van der Waals surface area contributed by atoms with Crippen molar-refractivity contribution in [1.29, 1.82) is 5.26 Å². The summed E-state index contributed by atoms with van der Waals surface area (Å²) in [7, 11) is 0. The normalized spacial score (nSPS) is 11.3. The third kappa shape index (κ3) is 4.46. The van der Waals surface area contributed by atoms with Gasteiger partial charge in [-0.05, 0) is 54.5 Å². The minimum Gasteiger partial charge on any atom is -0.488 e. The molecule has 2 N–H and O–H groups in total. The first-order valence-electron chi connectivity index (χ1n) is 9.66. The number of allylic oxidation sites excluding steroid dienone is 1. The van der Waals surface area contributed by atoms with Crippen molar-refractivity contribution in [2.24, 2.45) is 0 Å². The first-order valence-corrected chi connectivity index (χ1v) is 9.66. The zero-order chi connectivity index (χ0) is 21.8. The van der Waals surface area contributed by atoms with Crippen molar-refractivity contribution in [3.63, 3.8) is 0 Å². The van der Waals surface area contributed by atoms with Gasteiger partial charge in [0.1, 0.15) is 24.3 Å². The number of benzene rings is 3. The molecule has 0 fully saturated rings. The molecule has 4 aromatic rings. The molecule has 0 bridgehead atoms. The van der Waals surface area contributed by atoms with Crippen LogP contribution in [-0.4, -0.2) is 21.0 Å². The van der Waals surface area contributed by atoms with Crippen LogP contribution in [0.4, 0.5) is 0 Å². The molecule has 6 nitrogen and oxygen atoms in total. The number of imidazole rings is 1. The van der Waals surface area contributed by atoms with E-state index in [4.69, 9.17) is 9.84 Å². The molecule has 0 aliphatic carbocycles. The SMILES string of the molecule is Cc1ccc2nc(C(C#N)=Cc3ccccc3OCc3ccc(C(=O)O)cc3)[nH]c2c1. The number of hydrogen-bond acceptors (Lipinski definition) is 4. The van der Waals surface area contributed by atoms with E-state index in [1.54, 1.807) is 30.3 Å². The Morgan fingerprint density at radius 2 is 1.94 bits per heavy atom. The summed E-state index contributed by atoms with van der Waals surface area (Å²) in [6.07, 6.45) is 1.74. The van der Waals surface area contributed by atoms with E-state index in [9.17, 15) is 10.1 Å². The molecule has 0 spiro atoms. The molecule has 0 radical (unpaired) electrons. The van der Waals surface area contributed by atoms with Crippen molar-refractivity contribution < 1.29 is 14.6 Å². The van der Waals surface area contributed by atoms with Gasteiger partial charge in [0.25, 0.3) is 0 Å². The Hall–Kier alpha value is -4.37. The Morgan fingerprint density at radius 3 is 2.68 bits per heavy atom. The molecule has 0 aliphatic rings. The molecular formula is C25H19N3O3. The van der Waals surface area contributed by atoms with Crippen LogP contribution in [0.5, 0.6) is 5.75 Å². The lowest BCUT2D eigenvalue weighted by Gasteiger charge is -2.10. The van der Waals surface area contributed by atoms with E-state index in [0.29, 0.717) is 17.1 Å². The molecule has 0 atom stereocenters. The molecule has 3 aromatic carbocycles. The molecule has 4 rings (SSSR count). The van der Waals surface area contributed by atoms with Crippen LogP contribution in [0.25, 0.3) is 22.7 Å². The molecule has 1 aromatic heterocycles. The van der Waals surface area contributed by atoms with Gasteiger partial charge in [-0.25, -0.2) is 9.78 Å². The van der Waals surface area contributed by atoms with E-state index in [1.165, 1.54) is 0 Å². The zero-order valence-electron chi connectivity index (χ0n) is 16.8. The molecule has 0 saturated carbocycles. The van der Waals surface area contributed by atoms with Crippen molar-refractivity contribution in [2.45, 2.75) is 13.5 Å². The maximum Gasteiger partial charge on any atom is 0.335 e. The summed E-state index contributed by atoms with van der Waals surface area (Å²) in [4.78, 5) is 18.7. The molecule has 1 heterocycles. The van der Waals surface area contributed by atoms with Crippen LogP contribution in [0.2, 0.25) is 0 Å². The van der Waals surface area contributed by atoms with Gasteiger partial charge in [-0.3, -0.25) is 0 Å². The number of carboxylic acids is 1. The summed E-state index contributed by atoms with van der Waals surface area (Å²) in [6.45, 7) is 2.28. The van der Waals surface area contributed by atoms with E-state index in [0.717, 1.165) is 27.7 Å². The molecule has 0 unspecified atom stereocenters. The Kier molecular flexibility index (Phi) is 5.50. The topological polar surface area (TPSA) is 99.0 Å². The van der Waals surface area contributed by atoms with E-state index in [2.05, 4.69) is 16.0 Å². The number of hydrogen-bond donors (Lipinski definition) is 2. The monoisotopic (exact) mass is 409 g/mol. The minimum atomic E-state index is -0.965. The van der Waals surface area contributed by atoms with Crippen LogP contribution < -0.4 is 4.74 Å². The first-order chi connectivity index (χ1) is 15.0. The lowest BCUT2D eigenvalue weighted by atomic mass is 10.1. The Morgan fingerprint density at radius 1 is 1.16 bits per heavy atom. The van der Waals surface area contributed by atoms with Gasteiger partial charge in [0, 0.05) is 5.56 Å². The van der Waals surface area contributed by atoms with Crippen LogP contribution in [0, 0.1) is 18.3 Å². The number of carbonyl (C=O) groups is 1. The third-order valence-electron chi connectivity index (χ3n) is 4.83. The maximum absolute atomic E-state index is 11.0. The second-order valence-corrected chi connectivity index (χ2v) is 7.10. The molecular weight excluding hydrogens is 390 g/mol. The van der Waals surface area contributed by atoms with Crippen LogP contribution in [-0.2, 0) is 6.61 Å². The maximum atomic E-state index is 11.0. The summed E-state index contributed by atoms with van der Waals surface area (Å²) in [6, 6.07) is 22.1. The van der Waals surface area contributed by atoms with Crippen molar-refractivity contribution in [3.05, 3.63) is 94.8 Å². The van der Waals surface area contributed by atoms with Gasteiger partial charge in [-0.2, -0.15) is 5.26 Å². The van der Waals surface area contributed by atoms with Gasteiger partial charge in [-0.15, -0.1) is 0 Å². The molecule has 6 heteroatoms. The fourth-order valence-corrected chi connectivity index (χ4v) is 3.20. The number of nitrogens with one attached hydrogen (secondary N) is 1. The van der Waals surface area contributed by atoms with Gasteiger partial charge in [0.2, 0.25) is 0 Å². The summed E-state index contributed by atoms with van der Waals surface area (Å²) < 4.78 is 5.95. The summed E-state index contributed by atoms with van der Waals surface area (Å²) in [5.74, 6) is 0.152. The number of carboxylic acid groups (broad SMARTS) is 1. The number of aromatic amines is 1. The Balaban J connectivity index is 1.59. The second-order valence-electron chi connectivity index (χ2n) is 7.10. The number of nitriles is 1. The quantitative estimate of drug-likeness (QED) is 0.426. The average Bonchev–Trinajstić information content (AvgIpc) is 3.19. The number of rotatable bonds is 6. The van der Waals surface area contributed by atoms with Gasteiger partial charge < -0.3 is 14.8 Å². The Labute approximate surface area is 179 Å². The molecule has 0 saturated heterocycles. The number of nitrogens with zero attached hydrogens (tertiary/aromatic N) is 2. The fraction of sp³-hybridized carbons (Fsp3) is 0.0800. The summed E-state index contributed by atoms with van der Waals surface area (Å²) in [5.41, 5.74) is 5.01. The molecule has 31 heavy (non-hydrogen) atoms. The average molecular weight is 409 g/mol. The molecule has 0 amide bonds. The number of aromatic carboxylic acids is 1. The van der Waals surface area contributed by atoms with Crippen LogP contribution in [0.1, 0.15) is 32.9 Å². The highest BCUT2D eigenvalue weighted by Gasteiger charge is 2.10. The highest BCUT2D eigenvalue weighted by atomic mass is 16.5. The zero-order valence-corrected chi connectivity index (χ0v) is 16.8. The number of aromatic nitrogens is 2. The number of H-pyrrole nitrogens is 1. The second kappa shape index (κ2) is 8.56. The van der Waals surface area contributed by atoms with Crippen molar-refractivity contribution in [2.75, 3.05) is 0 Å². The predicted octanol–water partition coefficient (Wildman–Crippen LogP) is 5.21. The first kappa shape index (κ1) is 19.9. The van der Waals surface area contributed by atoms with Gasteiger partial charge in [0.15, 0.2) is 0 Å². The lowest BCUT2D eigenvalue weighted by molar-refractivity contribution is 0.0697. The minimum absolute atomic E-state index is 0.228. The lowest BCUT2D eigenvalue weighted by Crippen LogP contribution is -1.99. The van der Waals surface area contributed by atoms with E-state index >= 15 is 0 Å². The highest BCUT2D eigenvalue weighted by molar-refractivity contribution is 5.91. The van der Waals surface area contributed by atoms with Crippen LogP contribution in [0.15, 0.2) is 66.7 Å². The standard InChI is InChI=1S/C25H19N3O3/c1-16-6-11-21-22(12-16)28-24(27-21)20(14-26)13-19-4-2-3-5-23(19)31-15-17-7-9-18(10-8-17)25(29)30/h2-13H,15H2,1H3,(H,27,28)(H,29,30). The number of ether oxygens (including phenoxy) is 1. The van der Waals surface area contributed by atoms with Crippen molar-refractivity contribution >= 4 is 28.7 Å². The van der Waals surface area contributed by atoms with Gasteiger partial charge in [0.05, 0.1) is 22.2 Å².